The van der Waals surface area contributed by atoms with Gasteiger partial charge in [0.1, 0.15) is 17.2 Å². The standard InChI is InChI=1S/C29H25ClF2N2O3/c1-18-5-3-4-6-26(18)29(37-19(2)35)9-11-33(12-10-29)28(36)25-17-34(23-15-21(31)14-22(32)16-23)27-13-20(30)7-8-24(25)27/h3-8,13-17H,9-12H2,1-2H3. The van der Waals surface area contributed by atoms with E-state index in [4.69, 9.17) is 16.3 Å². The van der Waals surface area contributed by atoms with Crippen molar-refractivity contribution in [1.82, 2.24) is 9.47 Å². The molecule has 5 nitrogen and oxygen atoms in total. The number of hydrogen-bond acceptors (Lipinski definition) is 3. The van der Waals surface area contributed by atoms with Crippen molar-refractivity contribution >= 4 is 34.4 Å². The van der Waals surface area contributed by atoms with Crippen molar-refractivity contribution in [2.75, 3.05) is 13.1 Å². The van der Waals surface area contributed by atoms with Crippen molar-refractivity contribution in [1.29, 1.82) is 0 Å². The van der Waals surface area contributed by atoms with Gasteiger partial charge in [-0.3, -0.25) is 9.59 Å². The number of esters is 1. The Bertz CT molecular complexity index is 1500. The lowest BCUT2D eigenvalue weighted by molar-refractivity contribution is -0.163. The summed E-state index contributed by atoms with van der Waals surface area (Å²) >= 11 is 6.22. The number of benzene rings is 3. The van der Waals surface area contributed by atoms with Crippen molar-refractivity contribution in [3.8, 4) is 5.69 Å². The number of amides is 1. The van der Waals surface area contributed by atoms with Crippen LogP contribution in [0.2, 0.25) is 5.02 Å². The molecule has 0 atom stereocenters. The molecule has 3 aromatic carbocycles. The average Bonchev–Trinajstić information content (AvgIpc) is 3.22. The second-order valence-electron chi connectivity index (χ2n) is 9.40. The predicted molar refractivity (Wildman–Crippen MR) is 138 cm³/mol. The molecule has 1 fully saturated rings. The van der Waals surface area contributed by atoms with Gasteiger partial charge in [0.15, 0.2) is 0 Å². The molecule has 8 heteroatoms. The van der Waals surface area contributed by atoms with Crippen LogP contribution in [0.4, 0.5) is 8.78 Å². The lowest BCUT2D eigenvalue weighted by Crippen LogP contribution is -2.47. The van der Waals surface area contributed by atoms with Crippen LogP contribution in [0.5, 0.6) is 0 Å². The van der Waals surface area contributed by atoms with Crippen LogP contribution in [0.1, 0.15) is 41.3 Å². The van der Waals surface area contributed by atoms with Crippen LogP contribution in [-0.4, -0.2) is 34.4 Å². The van der Waals surface area contributed by atoms with E-state index in [0.717, 1.165) is 17.2 Å². The van der Waals surface area contributed by atoms with E-state index in [-0.39, 0.29) is 17.6 Å². The Balaban J connectivity index is 1.49. The smallest absolute Gasteiger partial charge is 0.303 e. The highest BCUT2D eigenvalue weighted by molar-refractivity contribution is 6.31. The zero-order chi connectivity index (χ0) is 26.3. The van der Waals surface area contributed by atoms with E-state index >= 15 is 0 Å². The molecule has 1 aliphatic rings. The van der Waals surface area contributed by atoms with E-state index in [9.17, 15) is 18.4 Å². The Morgan fingerprint density at radius 3 is 2.30 bits per heavy atom. The summed E-state index contributed by atoms with van der Waals surface area (Å²) in [5, 5.41) is 1.06. The number of aromatic nitrogens is 1. The molecule has 190 valence electrons. The Hall–Kier alpha value is -3.71. The lowest BCUT2D eigenvalue weighted by Gasteiger charge is -2.42. The molecular formula is C29H25ClF2N2O3. The van der Waals surface area contributed by atoms with Crippen LogP contribution in [0, 0.1) is 18.6 Å². The van der Waals surface area contributed by atoms with Crippen molar-refractivity contribution in [2.24, 2.45) is 0 Å². The summed E-state index contributed by atoms with van der Waals surface area (Å²) in [6.45, 7) is 4.12. The first kappa shape index (κ1) is 25.0. The first-order valence-corrected chi connectivity index (χ1v) is 12.4. The molecule has 0 saturated carbocycles. The number of ether oxygens (including phenoxy) is 1. The maximum absolute atomic E-state index is 14.0. The summed E-state index contributed by atoms with van der Waals surface area (Å²) in [5.74, 6) is -2.03. The van der Waals surface area contributed by atoms with Gasteiger partial charge in [0, 0.05) is 55.5 Å². The third kappa shape index (κ3) is 4.71. The van der Waals surface area contributed by atoms with Crippen molar-refractivity contribution in [2.45, 2.75) is 32.3 Å². The Kier molecular flexibility index (Phi) is 6.50. The largest absolute Gasteiger partial charge is 0.454 e. The Morgan fingerprint density at radius 1 is 0.973 bits per heavy atom. The number of likely N-dealkylation sites (tertiary alicyclic amines) is 1. The van der Waals surface area contributed by atoms with E-state index in [1.807, 2.05) is 31.2 Å². The third-order valence-electron chi connectivity index (χ3n) is 6.96. The predicted octanol–water partition coefficient (Wildman–Crippen LogP) is 6.57. The quantitative estimate of drug-likeness (QED) is 0.285. The number of carbonyl (C=O) groups is 2. The molecule has 0 N–H and O–H groups in total. The fraction of sp³-hybridized carbons (Fsp3) is 0.241. The van der Waals surface area contributed by atoms with Crippen molar-refractivity contribution < 1.29 is 23.1 Å². The summed E-state index contributed by atoms with van der Waals surface area (Å²) < 4.78 is 35.4. The average molecular weight is 523 g/mol. The van der Waals surface area contributed by atoms with E-state index in [0.29, 0.717) is 47.4 Å². The highest BCUT2D eigenvalue weighted by Gasteiger charge is 2.41. The number of piperidine rings is 1. The van der Waals surface area contributed by atoms with E-state index in [1.165, 1.54) is 19.1 Å². The highest BCUT2D eigenvalue weighted by Crippen LogP contribution is 2.39. The summed E-state index contributed by atoms with van der Waals surface area (Å²) in [4.78, 5) is 27.5. The van der Waals surface area contributed by atoms with Gasteiger partial charge in [0.05, 0.1) is 16.8 Å². The number of rotatable bonds is 4. The fourth-order valence-corrected chi connectivity index (χ4v) is 5.46. The second-order valence-corrected chi connectivity index (χ2v) is 9.83. The van der Waals surface area contributed by atoms with Gasteiger partial charge in [-0.05, 0) is 42.3 Å². The molecule has 0 bridgehead atoms. The molecule has 4 aromatic rings. The van der Waals surface area contributed by atoms with Crippen LogP contribution < -0.4 is 0 Å². The number of halogens is 3. The number of nitrogens with zero attached hydrogens (tertiary/aromatic N) is 2. The van der Waals surface area contributed by atoms with Crippen molar-refractivity contribution in [3.05, 3.63) is 100 Å². The number of carbonyl (C=O) groups excluding carboxylic acids is 2. The topological polar surface area (TPSA) is 51.5 Å². The van der Waals surface area contributed by atoms with E-state index in [2.05, 4.69) is 0 Å². The van der Waals surface area contributed by atoms with Crippen molar-refractivity contribution in [3.63, 3.8) is 0 Å². The number of aryl methyl sites for hydroxylation is 1. The minimum absolute atomic E-state index is 0.218. The van der Waals surface area contributed by atoms with Gasteiger partial charge in [0.25, 0.3) is 5.91 Å². The third-order valence-corrected chi connectivity index (χ3v) is 7.19. The molecule has 0 aliphatic carbocycles. The molecule has 0 spiro atoms. The SMILES string of the molecule is CC(=O)OC1(c2ccccc2C)CCN(C(=O)c2cn(-c3cc(F)cc(F)c3)c3cc(Cl)ccc23)CC1. The maximum atomic E-state index is 14.0. The van der Waals surface area contributed by atoms with Crippen LogP contribution in [-0.2, 0) is 15.1 Å². The molecule has 5 rings (SSSR count). The van der Waals surface area contributed by atoms with Gasteiger partial charge in [-0.1, -0.05) is 41.9 Å². The first-order valence-electron chi connectivity index (χ1n) is 12.0. The zero-order valence-electron chi connectivity index (χ0n) is 20.4. The van der Waals surface area contributed by atoms with Gasteiger partial charge in [-0.25, -0.2) is 8.78 Å². The molecule has 1 aliphatic heterocycles. The Labute approximate surface area is 218 Å². The van der Waals surface area contributed by atoms with Gasteiger partial charge in [-0.2, -0.15) is 0 Å². The molecule has 1 aromatic heterocycles. The molecule has 37 heavy (non-hydrogen) atoms. The molecular weight excluding hydrogens is 498 g/mol. The van der Waals surface area contributed by atoms with Gasteiger partial charge < -0.3 is 14.2 Å². The molecule has 0 unspecified atom stereocenters. The minimum Gasteiger partial charge on any atom is -0.454 e. The summed E-state index contributed by atoms with van der Waals surface area (Å²) in [7, 11) is 0. The van der Waals surface area contributed by atoms with Crippen LogP contribution in [0.15, 0.2) is 66.9 Å². The molecule has 1 amide bonds. The van der Waals surface area contributed by atoms with E-state index < -0.39 is 17.2 Å². The normalized spacial score (nSPS) is 15.1. The fourth-order valence-electron chi connectivity index (χ4n) is 5.29. The number of hydrogen-bond donors (Lipinski definition) is 0. The molecule has 0 radical (unpaired) electrons. The maximum Gasteiger partial charge on any atom is 0.303 e. The first-order chi connectivity index (χ1) is 17.7. The van der Waals surface area contributed by atoms with E-state index in [1.54, 1.807) is 33.9 Å². The summed E-state index contributed by atoms with van der Waals surface area (Å²) in [6, 6.07) is 16.1. The van der Waals surface area contributed by atoms with Gasteiger partial charge in [-0.15, -0.1) is 0 Å². The molecule has 1 saturated heterocycles. The lowest BCUT2D eigenvalue weighted by atomic mass is 9.81. The number of fused-ring (bicyclic) bond motifs is 1. The molecule has 2 heterocycles. The highest BCUT2D eigenvalue weighted by atomic mass is 35.5. The second kappa shape index (κ2) is 9.63. The van der Waals surface area contributed by atoms with Gasteiger partial charge in [0.2, 0.25) is 0 Å². The van der Waals surface area contributed by atoms with Crippen LogP contribution in [0.25, 0.3) is 16.6 Å². The minimum atomic E-state index is -0.811. The Morgan fingerprint density at radius 2 is 1.65 bits per heavy atom. The summed E-state index contributed by atoms with van der Waals surface area (Å²) in [6.07, 6.45) is 2.48. The van der Waals surface area contributed by atoms with Crippen LogP contribution >= 0.6 is 11.6 Å². The zero-order valence-corrected chi connectivity index (χ0v) is 21.2. The van der Waals surface area contributed by atoms with Gasteiger partial charge >= 0.3 is 5.97 Å². The van der Waals surface area contributed by atoms with Crippen LogP contribution in [0.3, 0.4) is 0 Å². The summed E-state index contributed by atoms with van der Waals surface area (Å²) in [5.41, 5.74) is 2.35. The monoisotopic (exact) mass is 522 g/mol.